The molecule has 0 aromatic heterocycles. The lowest BCUT2D eigenvalue weighted by Gasteiger charge is -2.08. The van der Waals surface area contributed by atoms with Gasteiger partial charge in [0.05, 0.1) is 44.0 Å². The first-order valence-electron chi connectivity index (χ1n) is 11.6. The molecule has 0 aliphatic rings. The van der Waals surface area contributed by atoms with E-state index in [0.29, 0.717) is 0 Å². The van der Waals surface area contributed by atoms with Crippen LogP contribution in [0.25, 0.3) is 0 Å². The van der Waals surface area contributed by atoms with E-state index in [0.717, 1.165) is 0 Å². The Morgan fingerprint density at radius 3 is 0.795 bits per heavy atom. The summed E-state index contributed by atoms with van der Waals surface area (Å²) < 4.78 is 20.8. The smallest absolute Gasteiger partial charge is 0.273 e. The van der Waals surface area contributed by atoms with E-state index in [1.54, 1.807) is 24.3 Å². The lowest BCUT2D eigenvalue weighted by atomic mass is 10.3. The van der Waals surface area contributed by atoms with Gasteiger partial charge >= 0.3 is 0 Å². The Morgan fingerprint density at radius 2 is 0.614 bits per heavy atom. The van der Waals surface area contributed by atoms with Crippen LogP contribution in [0.5, 0.6) is 23.0 Å². The van der Waals surface area contributed by atoms with E-state index in [-0.39, 0.29) is 84.1 Å². The summed E-state index contributed by atoms with van der Waals surface area (Å²) in [4.78, 5) is 40.3. The Morgan fingerprint density at radius 1 is 0.409 bits per heavy atom. The molecule has 0 bridgehead atoms. The zero-order valence-corrected chi connectivity index (χ0v) is 23.8. The van der Waals surface area contributed by atoms with E-state index in [1.807, 2.05) is 0 Å². The number of nitrogens with zero attached hydrogens (tertiary/aromatic N) is 4. The summed E-state index contributed by atoms with van der Waals surface area (Å²) in [5.74, 6) is 1.09. The summed E-state index contributed by atoms with van der Waals surface area (Å²) in [6, 6.07) is 22.5. The van der Waals surface area contributed by atoms with Crippen LogP contribution in [-0.2, 0) is 0 Å². The Hall–Kier alpha value is -5.74. The molecule has 0 amide bonds. The van der Waals surface area contributed by atoms with Crippen molar-refractivity contribution in [3.63, 3.8) is 0 Å². The molecule has 0 aliphatic heterocycles. The average Bonchev–Trinajstić information content (AvgIpc) is 2.98. The van der Waals surface area contributed by atoms with Gasteiger partial charge in [-0.2, -0.15) is 0 Å². The second kappa shape index (κ2) is 17.9. The first kappa shape index (κ1) is 36.3. The van der Waals surface area contributed by atoms with Gasteiger partial charge in [-0.25, -0.2) is 0 Å². The molecule has 18 heteroatoms. The maximum absolute atomic E-state index is 10.6. The van der Waals surface area contributed by atoms with Gasteiger partial charge < -0.3 is 18.9 Å². The average molecular weight is 653 g/mol. The van der Waals surface area contributed by atoms with Crippen molar-refractivity contribution in [1.82, 2.24) is 0 Å². The molecule has 232 valence electrons. The SMILES string of the molecule is Cl.Cl.O=[N+]([O-])c1cccc(OCOc2cccc([N+](=O)[O-])c2)c1.O=[N+]([O-])c1cccc(OCOc2cccc([N+](=O)[O-])c2)c1. The highest BCUT2D eigenvalue weighted by molar-refractivity contribution is 5.85. The van der Waals surface area contributed by atoms with E-state index >= 15 is 0 Å². The molecule has 0 saturated carbocycles. The van der Waals surface area contributed by atoms with Gasteiger partial charge in [-0.05, 0) is 24.3 Å². The van der Waals surface area contributed by atoms with Crippen LogP contribution in [0.2, 0.25) is 0 Å². The summed E-state index contributed by atoms with van der Waals surface area (Å²) in [6.45, 7) is -0.440. The number of nitro benzene ring substituents is 4. The highest BCUT2D eigenvalue weighted by Crippen LogP contribution is 2.23. The first-order chi connectivity index (χ1) is 20.1. The van der Waals surface area contributed by atoms with Gasteiger partial charge in [0.1, 0.15) is 23.0 Å². The maximum Gasteiger partial charge on any atom is 0.273 e. The summed E-state index contributed by atoms with van der Waals surface area (Å²) in [6.07, 6.45) is 0. The van der Waals surface area contributed by atoms with Crippen LogP contribution >= 0.6 is 24.8 Å². The number of hydrogen-bond acceptors (Lipinski definition) is 12. The van der Waals surface area contributed by atoms with Crippen LogP contribution in [0.15, 0.2) is 97.1 Å². The van der Waals surface area contributed by atoms with Crippen molar-refractivity contribution in [3.8, 4) is 23.0 Å². The van der Waals surface area contributed by atoms with Crippen LogP contribution in [0, 0.1) is 40.5 Å². The number of rotatable bonds is 12. The third-order valence-electron chi connectivity index (χ3n) is 5.02. The van der Waals surface area contributed by atoms with Crippen LogP contribution in [0.1, 0.15) is 0 Å². The van der Waals surface area contributed by atoms with E-state index in [4.69, 9.17) is 18.9 Å². The van der Waals surface area contributed by atoms with E-state index < -0.39 is 19.7 Å². The zero-order valence-electron chi connectivity index (χ0n) is 22.2. The van der Waals surface area contributed by atoms with Gasteiger partial charge in [0.2, 0.25) is 13.6 Å². The summed E-state index contributed by atoms with van der Waals surface area (Å²) in [7, 11) is 0. The van der Waals surface area contributed by atoms with Gasteiger partial charge in [-0.3, -0.25) is 40.5 Å². The highest BCUT2D eigenvalue weighted by Gasteiger charge is 2.10. The van der Waals surface area contributed by atoms with E-state index in [1.165, 1.54) is 72.8 Å². The van der Waals surface area contributed by atoms with Crippen LogP contribution in [0.4, 0.5) is 22.7 Å². The topological polar surface area (TPSA) is 209 Å². The van der Waals surface area contributed by atoms with Crippen molar-refractivity contribution in [2.45, 2.75) is 0 Å². The number of nitro groups is 4. The molecule has 16 nitrogen and oxygen atoms in total. The molecule has 0 saturated heterocycles. The van der Waals surface area contributed by atoms with Crippen molar-refractivity contribution in [2.75, 3.05) is 13.6 Å². The molecule has 0 N–H and O–H groups in total. The Balaban J connectivity index is 0.000000421. The molecule has 0 radical (unpaired) electrons. The van der Waals surface area contributed by atoms with Gasteiger partial charge in [0.15, 0.2) is 0 Å². The summed E-state index contributed by atoms with van der Waals surface area (Å²) >= 11 is 0. The standard InChI is InChI=1S/2C13H10N2O6.2ClH/c2*16-14(17)10-3-1-5-12(7-10)20-9-21-13-6-2-4-11(8-13)15(18)19;;/h2*1-8H,9H2;2*1H. The van der Waals surface area contributed by atoms with Crippen molar-refractivity contribution >= 4 is 47.6 Å². The molecule has 4 rings (SSSR count). The number of non-ortho nitro benzene ring substituents is 4. The fourth-order valence-electron chi connectivity index (χ4n) is 3.08. The van der Waals surface area contributed by atoms with Crippen molar-refractivity contribution in [3.05, 3.63) is 138 Å². The van der Waals surface area contributed by atoms with Gasteiger partial charge in [0, 0.05) is 24.3 Å². The lowest BCUT2D eigenvalue weighted by molar-refractivity contribution is -0.385. The third-order valence-corrected chi connectivity index (χ3v) is 5.02. The van der Waals surface area contributed by atoms with Gasteiger partial charge in [0.25, 0.3) is 22.7 Å². The second-order valence-electron chi connectivity index (χ2n) is 7.83. The molecule has 44 heavy (non-hydrogen) atoms. The Kier molecular flexibility index (Phi) is 14.8. The minimum atomic E-state index is -0.533. The van der Waals surface area contributed by atoms with E-state index in [9.17, 15) is 40.5 Å². The second-order valence-corrected chi connectivity index (χ2v) is 7.83. The largest absolute Gasteiger partial charge is 0.457 e. The summed E-state index contributed by atoms with van der Waals surface area (Å²) in [5.41, 5.74) is -0.378. The lowest BCUT2D eigenvalue weighted by Crippen LogP contribution is -2.06. The van der Waals surface area contributed by atoms with Crippen molar-refractivity contribution in [2.24, 2.45) is 0 Å². The predicted molar refractivity (Wildman–Crippen MR) is 159 cm³/mol. The normalized spacial score (nSPS) is 9.45. The third kappa shape index (κ3) is 11.6. The zero-order chi connectivity index (χ0) is 30.5. The predicted octanol–water partition coefficient (Wildman–Crippen LogP) is 6.68. The molecule has 0 fully saturated rings. The van der Waals surface area contributed by atoms with E-state index in [2.05, 4.69) is 0 Å². The molecule has 0 unspecified atom stereocenters. The number of hydrogen-bond donors (Lipinski definition) is 0. The van der Waals surface area contributed by atoms with Crippen LogP contribution in [0.3, 0.4) is 0 Å². The van der Waals surface area contributed by atoms with Crippen LogP contribution < -0.4 is 18.9 Å². The molecule has 0 heterocycles. The fraction of sp³-hybridized carbons (Fsp3) is 0.0769. The van der Waals surface area contributed by atoms with Crippen molar-refractivity contribution in [1.29, 1.82) is 0 Å². The molecular weight excluding hydrogens is 631 g/mol. The minimum absolute atomic E-state index is 0. The highest BCUT2D eigenvalue weighted by atomic mass is 35.5. The van der Waals surface area contributed by atoms with Crippen molar-refractivity contribution < 1.29 is 38.6 Å². The number of ether oxygens (including phenoxy) is 4. The van der Waals surface area contributed by atoms with Gasteiger partial charge in [-0.15, -0.1) is 24.8 Å². The number of halogens is 2. The molecule has 4 aromatic carbocycles. The Bertz CT molecular complexity index is 1360. The monoisotopic (exact) mass is 652 g/mol. The quantitative estimate of drug-likeness (QED) is 0.0890. The van der Waals surface area contributed by atoms with Crippen LogP contribution in [-0.4, -0.2) is 33.3 Å². The maximum atomic E-state index is 10.6. The molecule has 0 atom stereocenters. The molecule has 4 aromatic rings. The fourth-order valence-corrected chi connectivity index (χ4v) is 3.08. The number of benzene rings is 4. The first-order valence-corrected chi connectivity index (χ1v) is 11.6. The Labute approximate surface area is 260 Å². The van der Waals surface area contributed by atoms with Gasteiger partial charge in [-0.1, -0.05) is 24.3 Å². The minimum Gasteiger partial charge on any atom is -0.457 e. The molecule has 0 spiro atoms. The summed E-state index contributed by atoms with van der Waals surface area (Å²) in [5, 5.41) is 42.4. The molecule has 0 aliphatic carbocycles. The molecular formula is C26H22Cl2N4O12.